The molecule has 4 nitrogen and oxygen atoms in total. The third kappa shape index (κ3) is 4.15. The second-order valence-corrected chi connectivity index (χ2v) is 6.85. The number of nitrogens with zero attached hydrogens (tertiary/aromatic N) is 2. The first kappa shape index (κ1) is 15.7. The van der Waals surface area contributed by atoms with E-state index in [0.717, 1.165) is 21.3 Å². The van der Waals surface area contributed by atoms with Gasteiger partial charge in [-0.25, -0.2) is 4.98 Å². The lowest BCUT2D eigenvalue weighted by Gasteiger charge is -2.23. The summed E-state index contributed by atoms with van der Waals surface area (Å²) >= 11 is 3.19. The number of carboxylic acid groups (broad SMARTS) is 1. The van der Waals surface area contributed by atoms with E-state index in [1.807, 2.05) is 34.7 Å². The highest BCUT2D eigenvalue weighted by Crippen LogP contribution is 2.30. The second kappa shape index (κ2) is 6.87. The average molecular weight is 322 g/mol. The zero-order valence-electron chi connectivity index (χ0n) is 12.1. The van der Waals surface area contributed by atoms with E-state index in [1.165, 1.54) is 11.3 Å². The Morgan fingerprint density at radius 2 is 2.29 bits per heavy atom. The summed E-state index contributed by atoms with van der Waals surface area (Å²) in [5.74, 6) is -1.24. The molecule has 0 radical (unpaired) electrons. The van der Waals surface area contributed by atoms with E-state index in [4.69, 9.17) is 5.11 Å². The maximum Gasteiger partial charge on any atom is 0.308 e. The van der Waals surface area contributed by atoms with Crippen LogP contribution >= 0.6 is 22.7 Å². The SMILES string of the molecule is C=C(C)CN(CC(C)C(=O)O)c1nc(-c2cccs2)cs1. The van der Waals surface area contributed by atoms with E-state index >= 15 is 0 Å². The van der Waals surface area contributed by atoms with Crippen LogP contribution in [0.15, 0.2) is 35.0 Å². The number of hydrogen-bond acceptors (Lipinski definition) is 5. The molecule has 2 rings (SSSR count). The number of hydrogen-bond donors (Lipinski definition) is 1. The van der Waals surface area contributed by atoms with Crippen LogP contribution in [-0.2, 0) is 4.79 Å². The van der Waals surface area contributed by atoms with E-state index in [2.05, 4.69) is 11.6 Å². The topological polar surface area (TPSA) is 53.4 Å². The van der Waals surface area contributed by atoms with Gasteiger partial charge in [0.2, 0.25) is 0 Å². The van der Waals surface area contributed by atoms with Crippen LogP contribution in [0.1, 0.15) is 13.8 Å². The van der Waals surface area contributed by atoms with Gasteiger partial charge >= 0.3 is 5.97 Å². The molecule has 0 saturated heterocycles. The van der Waals surface area contributed by atoms with Crippen molar-refractivity contribution in [3.63, 3.8) is 0 Å². The van der Waals surface area contributed by atoms with E-state index in [-0.39, 0.29) is 0 Å². The molecule has 0 aliphatic carbocycles. The minimum Gasteiger partial charge on any atom is -0.481 e. The lowest BCUT2D eigenvalue weighted by Crippen LogP contribution is -2.33. The summed E-state index contributed by atoms with van der Waals surface area (Å²) in [7, 11) is 0. The van der Waals surface area contributed by atoms with E-state index in [1.54, 1.807) is 18.3 Å². The standard InChI is InChI=1S/C15H18N2O2S2/c1-10(2)7-17(8-11(3)14(18)19)15-16-12(9-21-15)13-5-4-6-20-13/h4-6,9,11H,1,7-8H2,2-3H3,(H,18,19). The van der Waals surface area contributed by atoms with Crippen molar-refractivity contribution in [2.45, 2.75) is 13.8 Å². The maximum absolute atomic E-state index is 11.1. The van der Waals surface area contributed by atoms with Crippen molar-refractivity contribution in [3.05, 3.63) is 35.0 Å². The molecule has 0 aliphatic heterocycles. The van der Waals surface area contributed by atoms with Crippen LogP contribution in [-0.4, -0.2) is 29.1 Å². The Morgan fingerprint density at radius 1 is 1.52 bits per heavy atom. The molecule has 0 aliphatic rings. The Labute approximate surface area is 132 Å². The summed E-state index contributed by atoms with van der Waals surface area (Å²) in [6.45, 7) is 8.62. The fourth-order valence-corrected chi connectivity index (χ4v) is 3.49. The number of thiazole rings is 1. The van der Waals surface area contributed by atoms with Crippen molar-refractivity contribution < 1.29 is 9.90 Å². The van der Waals surface area contributed by atoms with Crippen LogP contribution in [0.3, 0.4) is 0 Å². The first-order valence-corrected chi connectivity index (χ1v) is 8.35. The third-order valence-electron chi connectivity index (χ3n) is 2.91. The number of anilines is 1. The van der Waals surface area contributed by atoms with Gasteiger partial charge in [-0.15, -0.1) is 22.7 Å². The van der Waals surface area contributed by atoms with Crippen molar-refractivity contribution in [2.75, 3.05) is 18.0 Å². The van der Waals surface area contributed by atoms with Crippen molar-refractivity contribution in [2.24, 2.45) is 5.92 Å². The molecule has 2 aromatic rings. The number of aliphatic carboxylic acids is 1. The largest absolute Gasteiger partial charge is 0.481 e. The van der Waals surface area contributed by atoms with Gasteiger partial charge < -0.3 is 10.0 Å². The molecule has 1 N–H and O–H groups in total. The Bertz CT molecular complexity index is 619. The number of thiophene rings is 1. The van der Waals surface area contributed by atoms with Gasteiger partial charge in [0.05, 0.1) is 16.5 Å². The minimum absolute atomic E-state index is 0.430. The number of aromatic nitrogens is 1. The number of carboxylic acids is 1. The molecule has 21 heavy (non-hydrogen) atoms. The summed E-state index contributed by atoms with van der Waals surface area (Å²) in [6, 6.07) is 4.03. The van der Waals surface area contributed by atoms with Crippen LogP contribution in [0.5, 0.6) is 0 Å². The Hall–Kier alpha value is -1.66. The third-order valence-corrected chi connectivity index (χ3v) is 4.71. The number of rotatable bonds is 7. The van der Waals surface area contributed by atoms with E-state index < -0.39 is 11.9 Å². The molecule has 0 spiro atoms. The quantitative estimate of drug-likeness (QED) is 0.784. The lowest BCUT2D eigenvalue weighted by molar-refractivity contribution is -0.140. The van der Waals surface area contributed by atoms with Gasteiger partial charge in [0.15, 0.2) is 5.13 Å². The lowest BCUT2D eigenvalue weighted by atomic mass is 10.1. The molecular formula is C15H18N2O2S2. The minimum atomic E-state index is -0.795. The predicted molar refractivity (Wildman–Crippen MR) is 89.3 cm³/mol. The summed E-state index contributed by atoms with van der Waals surface area (Å²) in [4.78, 5) is 18.8. The molecule has 0 aromatic carbocycles. The van der Waals surface area contributed by atoms with Gasteiger partial charge in [0.1, 0.15) is 0 Å². The normalized spacial score (nSPS) is 12.1. The number of carbonyl (C=O) groups is 1. The van der Waals surface area contributed by atoms with Crippen molar-refractivity contribution in [1.82, 2.24) is 4.98 Å². The zero-order chi connectivity index (χ0) is 15.4. The van der Waals surface area contributed by atoms with Crippen LogP contribution in [0.4, 0.5) is 5.13 Å². The van der Waals surface area contributed by atoms with Crippen LogP contribution < -0.4 is 4.90 Å². The summed E-state index contributed by atoms with van der Waals surface area (Å²) in [6.07, 6.45) is 0. The molecule has 1 unspecified atom stereocenters. The Morgan fingerprint density at radius 3 is 2.86 bits per heavy atom. The fourth-order valence-electron chi connectivity index (χ4n) is 1.89. The first-order chi connectivity index (χ1) is 9.97. The van der Waals surface area contributed by atoms with Gasteiger partial charge in [-0.2, -0.15) is 0 Å². The Kier molecular flexibility index (Phi) is 5.14. The van der Waals surface area contributed by atoms with Gasteiger partial charge in [-0.05, 0) is 18.4 Å². The molecule has 0 saturated carbocycles. The van der Waals surface area contributed by atoms with Gasteiger partial charge in [-0.1, -0.05) is 25.1 Å². The smallest absolute Gasteiger partial charge is 0.308 e. The zero-order valence-corrected chi connectivity index (χ0v) is 13.7. The molecule has 0 amide bonds. The molecule has 0 fully saturated rings. The fraction of sp³-hybridized carbons (Fsp3) is 0.333. The summed E-state index contributed by atoms with van der Waals surface area (Å²) < 4.78 is 0. The van der Waals surface area contributed by atoms with Crippen molar-refractivity contribution >= 4 is 33.8 Å². The van der Waals surface area contributed by atoms with Crippen molar-refractivity contribution in [3.8, 4) is 10.6 Å². The molecule has 112 valence electrons. The molecule has 0 bridgehead atoms. The molecule has 1 atom stereocenters. The molecule has 2 aromatic heterocycles. The van der Waals surface area contributed by atoms with Crippen LogP contribution in [0.2, 0.25) is 0 Å². The van der Waals surface area contributed by atoms with Gasteiger partial charge in [0, 0.05) is 18.5 Å². The van der Waals surface area contributed by atoms with Gasteiger partial charge in [-0.3, -0.25) is 4.79 Å². The highest BCUT2D eigenvalue weighted by Gasteiger charge is 2.19. The monoisotopic (exact) mass is 322 g/mol. The first-order valence-electron chi connectivity index (χ1n) is 6.59. The highest BCUT2D eigenvalue weighted by molar-refractivity contribution is 7.16. The molecule has 2 heterocycles. The van der Waals surface area contributed by atoms with Crippen LogP contribution in [0, 0.1) is 5.92 Å². The summed E-state index contributed by atoms with van der Waals surface area (Å²) in [5, 5.41) is 14.0. The Balaban J connectivity index is 2.20. The second-order valence-electron chi connectivity index (χ2n) is 5.07. The molecule has 6 heteroatoms. The van der Waals surface area contributed by atoms with Gasteiger partial charge in [0.25, 0.3) is 0 Å². The van der Waals surface area contributed by atoms with Crippen molar-refractivity contribution in [1.29, 1.82) is 0 Å². The van der Waals surface area contributed by atoms with E-state index in [0.29, 0.717) is 13.1 Å². The van der Waals surface area contributed by atoms with Crippen LogP contribution in [0.25, 0.3) is 10.6 Å². The predicted octanol–water partition coefficient (Wildman–Crippen LogP) is 3.97. The van der Waals surface area contributed by atoms with E-state index in [9.17, 15) is 4.79 Å². The molecular weight excluding hydrogens is 304 g/mol. The average Bonchev–Trinajstić information content (AvgIpc) is 3.08. The summed E-state index contributed by atoms with van der Waals surface area (Å²) in [5.41, 5.74) is 1.93. The highest BCUT2D eigenvalue weighted by atomic mass is 32.1. The maximum atomic E-state index is 11.1.